The van der Waals surface area contributed by atoms with E-state index in [-0.39, 0.29) is 18.3 Å². The monoisotopic (exact) mass is 464 g/mol. The lowest BCUT2D eigenvalue weighted by atomic mass is 10.0. The van der Waals surface area contributed by atoms with Crippen LogP contribution in [0.15, 0.2) is 66.7 Å². The van der Waals surface area contributed by atoms with Gasteiger partial charge in [-0.1, -0.05) is 60.7 Å². The molecule has 0 bridgehead atoms. The van der Waals surface area contributed by atoms with Crippen LogP contribution in [0.3, 0.4) is 0 Å². The highest BCUT2D eigenvalue weighted by Crippen LogP contribution is 2.39. The van der Waals surface area contributed by atoms with Crippen LogP contribution >= 0.6 is 11.3 Å². The summed E-state index contributed by atoms with van der Waals surface area (Å²) in [5, 5.41) is 4.13. The van der Waals surface area contributed by atoms with E-state index >= 15 is 0 Å². The number of anilines is 1. The summed E-state index contributed by atoms with van der Waals surface area (Å²) in [5.41, 5.74) is 2.97. The molecule has 1 fully saturated rings. The zero-order valence-electron chi connectivity index (χ0n) is 18.7. The maximum absolute atomic E-state index is 13.4. The van der Waals surface area contributed by atoms with Gasteiger partial charge in [-0.05, 0) is 24.1 Å². The number of thiophene rings is 1. The van der Waals surface area contributed by atoms with E-state index < -0.39 is 6.04 Å². The quantitative estimate of drug-likeness (QED) is 0.491. The van der Waals surface area contributed by atoms with Gasteiger partial charge >= 0.3 is 5.97 Å². The molecule has 2 aromatic carbocycles. The smallest absolute Gasteiger partial charge is 0.308 e. The first-order valence-electron chi connectivity index (χ1n) is 11.2. The van der Waals surface area contributed by atoms with Crippen LogP contribution in [0.4, 0.5) is 5.00 Å². The van der Waals surface area contributed by atoms with Crippen LogP contribution in [0, 0.1) is 0 Å². The topological polar surface area (TPSA) is 67.9 Å². The third-order valence-electron chi connectivity index (χ3n) is 5.50. The maximum Gasteiger partial charge on any atom is 0.308 e. The van der Waals surface area contributed by atoms with Crippen LogP contribution in [0.5, 0.6) is 0 Å². The molecule has 0 spiro atoms. The van der Waals surface area contributed by atoms with Gasteiger partial charge in [0.15, 0.2) is 0 Å². The third-order valence-corrected chi connectivity index (χ3v) is 6.70. The second kappa shape index (κ2) is 11.1. The lowest BCUT2D eigenvalue weighted by molar-refractivity contribution is -0.143. The Kier molecular flexibility index (Phi) is 7.75. The maximum atomic E-state index is 13.4. The molecule has 7 heteroatoms. The molecule has 0 radical (unpaired) electrons. The van der Waals surface area contributed by atoms with Crippen LogP contribution in [0.2, 0.25) is 0 Å². The van der Waals surface area contributed by atoms with Crippen molar-refractivity contribution in [3.05, 3.63) is 77.2 Å². The Labute approximate surface area is 198 Å². The molecule has 1 amide bonds. The summed E-state index contributed by atoms with van der Waals surface area (Å²) < 4.78 is 10.7. The zero-order chi connectivity index (χ0) is 23.0. The summed E-state index contributed by atoms with van der Waals surface area (Å²) in [5.74, 6) is -0.536. The highest BCUT2D eigenvalue weighted by molar-refractivity contribution is 7.18. The van der Waals surface area contributed by atoms with Gasteiger partial charge in [-0.15, -0.1) is 11.3 Å². The lowest BCUT2D eigenvalue weighted by Gasteiger charge is -2.28. The van der Waals surface area contributed by atoms with Gasteiger partial charge in [0.05, 0.1) is 42.2 Å². The van der Waals surface area contributed by atoms with E-state index in [9.17, 15) is 9.59 Å². The number of ether oxygens (including phenoxy) is 2. The molecule has 0 saturated carbocycles. The molecule has 4 rings (SSSR count). The van der Waals surface area contributed by atoms with Crippen molar-refractivity contribution in [3.63, 3.8) is 0 Å². The number of benzene rings is 2. The van der Waals surface area contributed by atoms with Gasteiger partial charge in [0.1, 0.15) is 0 Å². The first-order valence-corrected chi connectivity index (χ1v) is 12.0. The van der Waals surface area contributed by atoms with Crippen molar-refractivity contribution >= 4 is 28.2 Å². The molecule has 1 aromatic heterocycles. The van der Waals surface area contributed by atoms with E-state index in [0.717, 1.165) is 34.8 Å². The average molecular weight is 465 g/mol. The molecule has 172 valence electrons. The van der Waals surface area contributed by atoms with Gasteiger partial charge in [0.2, 0.25) is 0 Å². The predicted octanol–water partition coefficient (Wildman–Crippen LogP) is 4.68. The first kappa shape index (κ1) is 23.0. The number of carbonyl (C=O) groups excluding carboxylic acids is 2. The van der Waals surface area contributed by atoms with Gasteiger partial charge in [-0.3, -0.25) is 9.59 Å². The van der Waals surface area contributed by atoms with E-state index in [2.05, 4.69) is 22.3 Å². The molecule has 1 saturated heterocycles. The largest absolute Gasteiger partial charge is 0.466 e. The summed E-state index contributed by atoms with van der Waals surface area (Å²) in [6.07, 6.45) is 0.0802. The summed E-state index contributed by atoms with van der Waals surface area (Å²) in [7, 11) is 0. The highest BCUT2D eigenvalue weighted by atomic mass is 32.1. The number of hydrogen-bond donors (Lipinski definition) is 1. The summed E-state index contributed by atoms with van der Waals surface area (Å²) >= 11 is 1.48. The third kappa shape index (κ3) is 5.80. The van der Waals surface area contributed by atoms with E-state index in [0.29, 0.717) is 24.7 Å². The molecule has 33 heavy (non-hydrogen) atoms. The van der Waals surface area contributed by atoms with E-state index in [1.807, 2.05) is 54.6 Å². The second-order valence-corrected chi connectivity index (χ2v) is 8.77. The summed E-state index contributed by atoms with van der Waals surface area (Å²) in [6, 6.07) is 21.1. The Morgan fingerprint density at radius 1 is 1.06 bits per heavy atom. The number of rotatable bonds is 8. The van der Waals surface area contributed by atoms with Crippen molar-refractivity contribution in [1.82, 2.24) is 5.32 Å². The van der Waals surface area contributed by atoms with Crippen LogP contribution in [-0.4, -0.2) is 44.8 Å². The molecule has 0 aliphatic carbocycles. The number of amides is 1. The fourth-order valence-corrected chi connectivity index (χ4v) is 5.01. The minimum atomic E-state index is -0.466. The van der Waals surface area contributed by atoms with Crippen molar-refractivity contribution in [1.29, 1.82) is 0 Å². The molecule has 6 nitrogen and oxygen atoms in total. The van der Waals surface area contributed by atoms with Crippen LogP contribution in [0.25, 0.3) is 11.1 Å². The standard InChI is InChI=1S/C26H28N2O4S/c1-2-32-24(29)18-22(20-11-7-4-8-12-20)27-25(30)23-17-21(19-9-5-3-6-10-19)26(33-23)28-13-15-31-16-14-28/h3-12,17,22H,2,13-16,18H2,1H3,(H,27,30). The Hall–Kier alpha value is -3.16. The number of morpholine rings is 1. The van der Waals surface area contributed by atoms with Crippen LogP contribution < -0.4 is 10.2 Å². The Balaban J connectivity index is 1.62. The van der Waals surface area contributed by atoms with Crippen LogP contribution in [-0.2, 0) is 14.3 Å². The predicted molar refractivity (Wildman–Crippen MR) is 131 cm³/mol. The van der Waals surface area contributed by atoms with Crippen molar-refractivity contribution in [2.45, 2.75) is 19.4 Å². The molecule has 1 unspecified atom stereocenters. The normalized spacial score (nSPS) is 14.5. The highest BCUT2D eigenvalue weighted by Gasteiger charge is 2.25. The van der Waals surface area contributed by atoms with E-state index in [4.69, 9.17) is 9.47 Å². The summed E-state index contributed by atoms with van der Waals surface area (Å²) in [4.78, 5) is 28.4. The number of esters is 1. The van der Waals surface area contributed by atoms with Crippen LogP contribution in [0.1, 0.15) is 34.6 Å². The fraction of sp³-hybridized carbons (Fsp3) is 0.308. The Bertz CT molecular complexity index is 1060. The molecule has 3 aromatic rings. The molecule has 1 N–H and O–H groups in total. The van der Waals surface area contributed by atoms with E-state index in [1.54, 1.807) is 6.92 Å². The van der Waals surface area contributed by atoms with Gasteiger partial charge in [0.25, 0.3) is 5.91 Å². The van der Waals surface area contributed by atoms with Gasteiger partial charge < -0.3 is 19.7 Å². The Morgan fingerprint density at radius 2 is 1.73 bits per heavy atom. The van der Waals surface area contributed by atoms with Gasteiger partial charge in [-0.2, -0.15) is 0 Å². The van der Waals surface area contributed by atoms with Crippen molar-refractivity contribution < 1.29 is 19.1 Å². The van der Waals surface area contributed by atoms with Crippen molar-refractivity contribution in [3.8, 4) is 11.1 Å². The van der Waals surface area contributed by atoms with Gasteiger partial charge in [0, 0.05) is 18.7 Å². The minimum Gasteiger partial charge on any atom is -0.466 e. The number of nitrogens with one attached hydrogen (secondary N) is 1. The van der Waals surface area contributed by atoms with Crippen molar-refractivity contribution in [2.75, 3.05) is 37.8 Å². The molecule has 1 aliphatic rings. The second-order valence-electron chi connectivity index (χ2n) is 7.74. The molecular weight excluding hydrogens is 436 g/mol. The number of hydrogen-bond acceptors (Lipinski definition) is 6. The van der Waals surface area contributed by atoms with E-state index in [1.165, 1.54) is 11.3 Å². The zero-order valence-corrected chi connectivity index (χ0v) is 19.5. The Morgan fingerprint density at radius 3 is 2.39 bits per heavy atom. The lowest BCUT2D eigenvalue weighted by Crippen LogP contribution is -2.35. The number of carbonyl (C=O) groups is 2. The molecular formula is C26H28N2O4S. The fourth-order valence-electron chi connectivity index (χ4n) is 3.87. The average Bonchev–Trinajstić information content (AvgIpc) is 3.31. The molecule has 1 aliphatic heterocycles. The minimum absolute atomic E-state index is 0.0802. The SMILES string of the molecule is CCOC(=O)CC(NC(=O)c1cc(-c2ccccc2)c(N2CCOCC2)s1)c1ccccc1. The number of nitrogens with zero attached hydrogens (tertiary/aromatic N) is 1. The van der Waals surface area contributed by atoms with Crippen molar-refractivity contribution in [2.24, 2.45) is 0 Å². The first-order chi connectivity index (χ1) is 16.2. The molecule has 2 heterocycles. The summed E-state index contributed by atoms with van der Waals surface area (Å²) in [6.45, 7) is 5.00. The van der Waals surface area contributed by atoms with Gasteiger partial charge in [-0.25, -0.2) is 0 Å². The molecule has 1 atom stereocenters.